The second-order valence-corrected chi connectivity index (χ2v) is 10.4. The first-order valence-corrected chi connectivity index (χ1v) is 11.4. The highest BCUT2D eigenvalue weighted by atomic mass is 32.2. The van der Waals surface area contributed by atoms with Gasteiger partial charge in [-0.15, -0.1) is 10.2 Å². The van der Waals surface area contributed by atoms with Gasteiger partial charge < -0.3 is 13.9 Å². The number of fused-ring (bicyclic) bond motifs is 1. The van der Waals surface area contributed by atoms with Crippen LogP contribution in [0.1, 0.15) is 60.5 Å². The fourth-order valence-corrected chi connectivity index (χ4v) is 5.29. The third-order valence-electron chi connectivity index (χ3n) is 5.78. The number of carbonyl (C=O) groups excluding carboxylic acids is 1. The van der Waals surface area contributed by atoms with Crippen molar-refractivity contribution < 1.29 is 17.6 Å². The minimum atomic E-state index is -3.22. The lowest BCUT2D eigenvalue weighted by Gasteiger charge is -2.33. The Labute approximate surface area is 170 Å². The zero-order valence-corrected chi connectivity index (χ0v) is 17.7. The zero-order chi connectivity index (χ0) is 20.8. The molecule has 0 aromatic carbocycles. The molecule has 2 aromatic rings. The third kappa shape index (κ3) is 3.57. The van der Waals surface area contributed by atoms with Gasteiger partial charge in [0.15, 0.2) is 12.2 Å². The molecule has 0 bridgehead atoms. The van der Waals surface area contributed by atoms with Gasteiger partial charge in [-0.25, -0.2) is 17.7 Å². The van der Waals surface area contributed by atoms with Gasteiger partial charge in [0, 0.05) is 32.1 Å². The van der Waals surface area contributed by atoms with E-state index in [1.807, 2.05) is 0 Å². The first-order chi connectivity index (χ1) is 13.8. The SMILES string of the molecule is Cc1ncoc1C(=O)N1CCn2c(nnc2C2CCN(S(=O)(=O)C(C)C)CC2)C1. The quantitative estimate of drug-likeness (QED) is 0.726. The number of amides is 1. The molecule has 1 fully saturated rings. The summed E-state index contributed by atoms with van der Waals surface area (Å²) in [6.45, 7) is 7.69. The maximum Gasteiger partial charge on any atom is 0.292 e. The maximum atomic E-state index is 12.7. The van der Waals surface area contributed by atoms with Crippen molar-refractivity contribution in [2.75, 3.05) is 19.6 Å². The third-order valence-corrected chi connectivity index (χ3v) is 8.06. The van der Waals surface area contributed by atoms with Crippen LogP contribution in [0.25, 0.3) is 0 Å². The summed E-state index contributed by atoms with van der Waals surface area (Å²) in [6, 6.07) is 0. The summed E-state index contributed by atoms with van der Waals surface area (Å²) in [5.41, 5.74) is 0.575. The Balaban J connectivity index is 1.44. The summed E-state index contributed by atoms with van der Waals surface area (Å²) in [7, 11) is -3.22. The van der Waals surface area contributed by atoms with Crippen LogP contribution in [0.15, 0.2) is 10.8 Å². The second kappa shape index (κ2) is 7.52. The molecule has 10 nitrogen and oxygen atoms in total. The van der Waals surface area contributed by atoms with Gasteiger partial charge in [-0.3, -0.25) is 4.79 Å². The van der Waals surface area contributed by atoms with E-state index >= 15 is 0 Å². The van der Waals surface area contributed by atoms with E-state index < -0.39 is 15.3 Å². The number of nitrogens with zero attached hydrogens (tertiary/aromatic N) is 6. The number of aromatic nitrogens is 4. The van der Waals surface area contributed by atoms with E-state index in [0.29, 0.717) is 38.4 Å². The lowest BCUT2D eigenvalue weighted by Crippen LogP contribution is -2.42. The van der Waals surface area contributed by atoms with Crippen molar-refractivity contribution in [3.05, 3.63) is 29.5 Å². The number of carbonyl (C=O) groups is 1. The fraction of sp³-hybridized carbons (Fsp3) is 0.667. The molecule has 4 rings (SSSR count). The zero-order valence-electron chi connectivity index (χ0n) is 16.9. The van der Waals surface area contributed by atoms with Crippen LogP contribution in [-0.4, -0.2) is 68.2 Å². The highest BCUT2D eigenvalue weighted by Crippen LogP contribution is 2.30. The van der Waals surface area contributed by atoms with Gasteiger partial charge in [-0.05, 0) is 33.6 Å². The van der Waals surface area contributed by atoms with Crippen molar-refractivity contribution in [3.63, 3.8) is 0 Å². The number of piperidine rings is 1. The molecule has 2 aliphatic rings. The number of oxazole rings is 1. The summed E-state index contributed by atoms with van der Waals surface area (Å²) in [4.78, 5) is 18.3. The average molecular weight is 423 g/mol. The van der Waals surface area contributed by atoms with Crippen molar-refractivity contribution in [3.8, 4) is 0 Å². The van der Waals surface area contributed by atoms with Crippen LogP contribution in [0.3, 0.4) is 0 Å². The first-order valence-electron chi connectivity index (χ1n) is 9.89. The lowest BCUT2D eigenvalue weighted by atomic mass is 9.97. The van der Waals surface area contributed by atoms with Gasteiger partial charge in [0.2, 0.25) is 15.8 Å². The predicted octanol–water partition coefficient (Wildman–Crippen LogP) is 1.15. The topological polar surface area (TPSA) is 114 Å². The molecular weight excluding hydrogens is 396 g/mol. The van der Waals surface area contributed by atoms with E-state index in [1.165, 1.54) is 6.39 Å². The molecule has 0 unspecified atom stereocenters. The molecular formula is C18H26N6O4S. The number of aryl methyl sites for hydroxylation is 1. The summed E-state index contributed by atoms with van der Waals surface area (Å²) in [6.07, 6.45) is 2.73. The Bertz CT molecular complexity index is 1000. The van der Waals surface area contributed by atoms with Gasteiger partial charge in [0.1, 0.15) is 5.82 Å². The highest BCUT2D eigenvalue weighted by molar-refractivity contribution is 7.89. The minimum Gasteiger partial charge on any atom is -0.438 e. The largest absolute Gasteiger partial charge is 0.438 e. The van der Waals surface area contributed by atoms with Crippen LogP contribution in [-0.2, 0) is 23.1 Å². The molecule has 1 amide bonds. The number of sulfonamides is 1. The standard InChI is InChI=1S/C18H26N6O4S/c1-12(2)29(26,27)23-6-4-14(5-7-23)17-21-20-15-10-22(8-9-24(15)17)18(25)16-13(3)19-11-28-16/h11-12,14H,4-10H2,1-3H3. The predicted molar refractivity (Wildman–Crippen MR) is 104 cm³/mol. The van der Waals surface area contributed by atoms with E-state index in [0.717, 1.165) is 24.5 Å². The molecule has 4 heterocycles. The Kier molecular flexibility index (Phi) is 5.19. The molecule has 2 aromatic heterocycles. The van der Waals surface area contributed by atoms with E-state index in [1.54, 1.807) is 30.0 Å². The minimum absolute atomic E-state index is 0.175. The van der Waals surface area contributed by atoms with Crippen molar-refractivity contribution in [1.82, 2.24) is 29.0 Å². The van der Waals surface area contributed by atoms with E-state index in [2.05, 4.69) is 19.7 Å². The number of rotatable bonds is 4. The van der Waals surface area contributed by atoms with Crippen LogP contribution < -0.4 is 0 Å². The summed E-state index contributed by atoms with van der Waals surface area (Å²) in [5, 5.41) is 8.29. The van der Waals surface area contributed by atoms with E-state index in [4.69, 9.17) is 4.42 Å². The molecule has 0 spiro atoms. The second-order valence-electron chi connectivity index (χ2n) is 7.89. The normalized spacial score (nSPS) is 19.0. The smallest absolute Gasteiger partial charge is 0.292 e. The summed E-state index contributed by atoms with van der Waals surface area (Å²) in [5.74, 6) is 1.88. The van der Waals surface area contributed by atoms with Gasteiger partial charge in [0.25, 0.3) is 5.91 Å². The molecule has 29 heavy (non-hydrogen) atoms. The van der Waals surface area contributed by atoms with Crippen molar-refractivity contribution in [1.29, 1.82) is 0 Å². The Morgan fingerprint density at radius 3 is 2.52 bits per heavy atom. The van der Waals surface area contributed by atoms with Gasteiger partial charge in [-0.1, -0.05) is 0 Å². The summed E-state index contributed by atoms with van der Waals surface area (Å²) >= 11 is 0. The van der Waals surface area contributed by atoms with Crippen LogP contribution in [0.4, 0.5) is 0 Å². The molecule has 0 radical (unpaired) electrons. The molecule has 0 N–H and O–H groups in total. The Hall–Kier alpha value is -2.27. The number of hydrogen-bond acceptors (Lipinski definition) is 7. The number of hydrogen-bond donors (Lipinski definition) is 0. The molecule has 11 heteroatoms. The summed E-state index contributed by atoms with van der Waals surface area (Å²) < 4.78 is 33.6. The highest BCUT2D eigenvalue weighted by Gasteiger charge is 2.34. The van der Waals surface area contributed by atoms with Crippen LogP contribution >= 0.6 is 0 Å². The molecule has 2 aliphatic heterocycles. The first kappa shape index (κ1) is 20.0. The van der Waals surface area contributed by atoms with Crippen LogP contribution in [0.2, 0.25) is 0 Å². The monoisotopic (exact) mass is 422 g/mol. The van der Waals surface area contributed by atoms with E-state index in [9.17, 15) is 13.2 Å². The van der Waals surface area contributed by atoms with E-state index in [-0.39, 0.29) is 17.6 Å². The average Bonchev–Trinajstić information content (AvgIpc) is 3.33. The van der Waals surface area contributed by atoms with Crippen LogP contribution in [0.5, 0.6) is 0 Å². The van der Waals surface area contributed by atoms with Crippen LogP contribution in [0, 0.1) is 6.92 Å². The van der Waals surface area contributed by atoms with Crippen molar-refractivity contribution >= 4 is 15.9 Å². The van der Waals surface area contributed by atoms with Gasteiger partial charge in [0.05, 0.1) is 17.5 Å². The molecule has 0 aliphatic carbocycles. The van der Waals surface area contributed by atoms with Crippen molar-refractivity contribution in [2.45, 2.75) is 57.9 Å². The van der Waals surface area contributed by atoms with Gasteiger partial charge in [-0.2, -0.15) is 0 Å². The molecule has 158 valence electrons. The molecule has 1 saturated heterocycles. The fourth-order valence-electron chi connectivity index (χ4n) is 3.97. The molecule has 0 atom stereocenters. The Morgan fingerprint density at radius 2 is 1.90 bits per heavy atom. The maximum absolute atomic E-state index is 12.7. The van der Waals surface area contributed by atoms with Crippen molar-refractivity contribution in [2.24, 2.45) is 0 Å². The lowest BCUT2D eigenvalue weighted by molar-refractivity contribution is 0.0672. The Morgan fingerprint density at radius 1 is 1.17 bits per heavy atom. The molecule has 0 saturated carbocycles. The van der Waals surface area contributed by atoms with Gasteiger partial charge >= 0.3 is 0 Å².